The third-order valence-electron chi connectivity index (χ3n) is 14.0. The average Bonchev–Trinajstić information content (AvgIpc) is 3.37. The molecule has 0 aromatic heterocycles. The highest BCUT2D eigenvalue weighted by atomic mass is 16.5. The number of allylic oxidation sites excluding steroid dienone is 9. The summed E-state index contributed by atoms with van der Waals surface area (Å²) in [5, 5.41) is 23.1. The third kappa shape index (κ3) is 56.7. The second-order valence-electron chi connectivity index (χ2n) is 21.0. The molecule has 0 aliphatic heterocycles. The van der Waals surface area contributed by atoms with E-state index in [4.69, 9.17) is 4.74 Å². The van der Waals surface area contributed by atoms with Crippen LogP contribution in [0.25, 0.3) is 0 Å². The van der Waals surface area contributed by atoms with Gasteiger partial charge in [0.25, 0.3) is 0 Å². The fourth-order valence-electron chi connectivity index (χ4n) is 9.21. The van der Waals surface area contributed by atoms with Crippen molar-refractivity contribution in [1.82, 2.24) is 5.32 Å². The number of ether oxygens (including phenoxy) is 1. The first kappa shape index (κ1) is 68.6. The number of esters is 1. The fraction of sp³-hybridized carbons (Fsp3) is 0.815. The molecule has 0 saturated heterocycles. The monoisotopic (exact) mass is 994 g/mol. The molecule has 0 spiro atoms. The molecule has 6 heteroatoms. The number of carbonyl (C=O) groups excluding carboxylic acids is 2. The third-order valence-corrected chi connectivity index (χ3v) is 14.0. The van der Waals surface area contributed by atoms with Crippen molar-refractivity contribution in [3.8, 4) is 0 Å². The molecule has 0 bridgehead atoms. The van der Waals surface area contributed by atoms with Crippen molar-refractivity contribution in [2.24, 2.45) is 0 Å². The minimum absolute atomic E-state index is 0.00673. The van der Waals surface area contributed by atoms with Crippen LogP contribution in [0.4, 0.5) is 0 Å². The molecular weight excluding hydrogens is 875 g/mol. The van der Waals surface area contributed by atoms with Gasteiger partial charge in [-0.25, -0.2) is 0 Å². The SMILES string of the molecule is CCCC/C=C\C/C=C\CCCCCCCC(=O)OCCCCCCCCCCC/C=C\C/C=C\CCCCCCCCCCCC(=O)NC(CO)C(O)/C=C/CCCCCCCCCCCCCCC. The van der Waals surface area contributed by atoms with Gasteiger partial charge in [-0.15, -0.1) is 0 Å². The summed E-state index contributed by atoms with van der Waals surface area (Å²) in [6, 6.07) is -0.633. The lowest BCUT2D eigenvalue weighted by atomic mass is 10.0. The quantitative estimate of drug-likeness (QED) is 0.0321. The number of rotatable bonds is 57. The van der Waals surface area contributed by atoms with Crippen molar-refractivity contribution < 1.29 is 24.5 Å². The van der Waals surface area contributed by atoms with Crippen LogP contribution in [-0.4, -0.2) is 47.4 Å². The van der Waals surface area contributed by atoms with E-state index in [1.807, 2.05) is 6.08 Å². The van der Waals surface area contributed by atoms with Crippen LogP contribution in [-0.2, 0) is 14.3 Å². The van der Waals surface area contributed by atoms with Crippen LogP contribution in [0.2, 0.25) is 0 Å². The van der Waals surface area contributed by atoms with E-state index in [9.17, 15) is 19.8 Å². The number of nitrogens with one attached hydrogen (secondary N) is 1. The Kier molecular flexibility index (Phi) is 58.1. The Labute approximate surface area is 441 Å². The van der Waals surface area contributed by atoms with Crippen LogP contribution < -0.4 is 5.32 Å². The predicted octanol–water partition coefficient (Wildman–Crippen LogP) is 19.5. The van der Waals surface area contributed by atoms with Crippen LogP contribution in [0, 0.1) is 0 Å². The summed E-state index contributed by atoms with van der Waals surface area (Å²) in [7, 11) is 0. The number of hydrogen-bond acceptors (Lipinski definition) is 5. The molecule has 0 fully saturated rings. The molecule has 0 heterocycles. The molecular formula is C65H119NO5. The maximum atomic E-state index is 12.5. The fourth-order valence-corrected chi connectivity index (χ4v) is 9.21. The lowest BCUT2D eigenvalue weighted by Crippen LogP contribution is -2.45. The van der Waals surface area contributed by atoms with Crippen LogP contribution in [0.1, 0.15) is 316 Å². The van der Waals surface area contributed by atoms with Crippen LogP contribution in [0.5, 0.6) is 0 Å². The number of carbonyl (C=O) groups is 2. The van der Waals surface area contributed by atoms with E-state index in [2.05, 4.69) is 67.8 Å². The van der Waals surface area contributed by atoms with Crippen molar-refractivity contribution in [3.05, 3.63) is 60.8 Å². The van der Waals surface area contributed by atoms with Crippen LogP contribution >= 0.6 is 0 Å². The standard InChI is InChI=1S/C65H119NO5/c1-3-5-7-9-11-13-15-17-30-33-37-41-45-49-53-57-63(68)62(61-67)66-64(69)58-54-50-46-42-38-34-31-28-26-24-22-20-19-21-23-25-27-29-32-36-40-44-48-52-56-60-71-65(70)59-55-51-47-43-39-35-18-16-14-12-10-8-6-4-2/h10,12,16,18,20-23,53,57,62-63,67-68H,3-9,11,13-15,17,19,24-52,54-56,58-61H2,1-2H3,(H,66,69)/b12-10-,18-16-,22-20-,23-21-,57-53+. The van der Waals surface area contributed by atoms with E-state index in [1.165, 1.54) is 231 Å². The number of amides is 1. The highest BCUT2D eigenvalue weighted by molar-refractivity contribution is 5.76. The molecule has 6 nitrogen and oxygen atoms in total. The zero-order valence-electron chi connectivity index (χ0n) is 47.2. The Morgan fingerprint density at radius 2 is 0.718 bits per heavy atom. The normalized spacial score (nSPS) is 13.0. The van der Waals surface area contributed by atoms with Gasteiger partial charge in [0, 0.05) is 12.8 Å². The second kappa shape index (κ2) is 60.1. The molecule has 0 saturated carbocycles. The minimum atomic E-state index is -0.849. The Bertz CT molecular complexity index is 1240. The highest BCUT2D eigenvalue weighted by Crippen LogP contribution is 2.16. The van der Waals surface area contributed by atoms with E-state index < -0.39 is 12.1 Å². The Morgan fingerprint density at radius 1 is 0.394 bits per heavy atom. The summed E-state index contributed by atoms with van der Waals surface area (Å²) >= 11 is 0. The number of aliphatic hydroxyl groups is 2. The molecule has 414 valence electrons. The largest absolute Gasteiger partial charge is 0.466 e. The predicted molar refractivity (Wildman–Crippen MR) is 310 cm³/mol. The van der Waals surface area contributed by atoms with E-state index in [0.717, 1.165) is 57.8 Å². The summed E-state index contributed by atoms with van der Waals surface area (Å²) in [6.45, 7) is 4.85. The molecule has 0 aliphatic carbocycles. The Morgan fingerprint density at radius 3 is 1.11 bits per heavy atom. The maximum absolute atomic E-state index is 12.5. The van der Waals surface area contributed by atoms with Gasteiger partial charge in [0.05, 0.1) is 25.4 Å². The topological polar surface area (TPSA) is 95.9 Å². The lowest BCUT2D eigenvalue weighted by molar-refractivity contribution is -0.143. The van der Waals surface area contributed by atoms with Gasteiger partial charge in [-0.2, -0.15) is 0 Å². The van der Waals surface area contributed by atoms with Crippen LogP contribution in [0.3, 0.4) is 0 Å². The molecule has 71 heavy (non-hydrogen) atoms. The van der Waals surface area contributed by atoms with Gasteiger partial charge < -0.3 is 20.3 Å². The summed E-state index contributed by atoms with van der Waals surface area (Å²) in [5.74, 6) is -0.0809. The van der Waals surface area contributed by atoms with Gasteiger partial charge >= 0.3 is 5.97 Å². The van der Waals surface area contributed by atoms with Gasteiger partial charge in [0.15, 0.2) is 0 Å². The molecule has 0 aliphatic rings. The molecule has 2 unspecified atom stereocenters. The summed E-state index contributed by atoms with van der Waals surface area (Å²) < 4.78 is 5.47. The van der Waals surface area contributed by atoms with Gasteiger partial charge in [0.2, 0.25) is 5.91 Å². The molecule has 1 amide bonds. The molecule has 0 rings (SSSR count). The first-order valence-corrected chi connectivity index (χ1v) is 31.1. The molecule has 0 aromatic carbocycles. The molecule has 2 atom stereocenters. The molecule has 0 aromatic rings. The van der Waals surface area contributed by atoms with Crippen molar-refractivity contribution in [2.75, 3.05) is 13.2 Å². The van der Waals surface area contributed by atoms with Gasteiger partial charge in [-0.05, 0) is 89.9 Å². The first-order chi connectivity index (χ1) is 35.0. The van der Waals surface area contributed by atoms with E-state index in [1.54, 1.807) is 6.08 Å². The van der Waals surface area contributed by atoms with Crippen LogP contribution in [0.15, 0.2) is 60.8 Å². The molecule has 0 radical (unpaired) electrons. The highest BCUT2D eigenvalue weighted by Gasteiger charge is 2.18. The summed E-state index contributed by atoms with van der Waals surface area (Å²) in [6.07, 6.45) is 78.3. The number of aliphatic hydroxyl groups excluding tert-OH is 2. The zero-order valence-corrected chi connectivity index (χ0v) is 47.2. The van der Waals surface area contributed by atoms with E-state index in [0.29, 0.717) is 19.4 Å². The first-order valence-electron chi connectivity index (χ1n) is 31.1. The van der Waals surface area contributed by atoms with Gasteiger partial charge in [0.1, 0.15) is 0 Å². The van der Waals surface area contributed by atoms with E-state index in [-0.39, 0.29) is 18.5 Å². The van der Waals surface area contributed by atoms with Crippen molar-refractivity contribution in [1.29, 1.82) is 0 Å². The maximum Gasteiger partial charge on any atom is 0.305 e. The molecule has 3 N–H and O–H groups in total. The Balaban J connectivity index is 3.47. The Hall–Kier alpha value is -2.44. The van der Waals surface area contributed by atoms with Crippen molar-refractivity contribution >= 4 is 11.9 Å². The second-order valence-corrected chi connectivity index (χ2v) is 21.0. The number of hydrogen-bond donors (Lipinski definition) is 3. The van der Waals surface area contributed by atoms with Gasteiger partial charge in [-0.1, -0.05) is 274 Å². The lowest BCUT2D eigenvalue weighted by Gasteiger charge is -2.20. The zero-order chi connectivity index (χ0) is 51.4. The number of unbranched alkanes of at least 4 members (excludes halogenated alkanes) is 38. The van der Waals surface area contributed by atoms with Crippen molar-refractivity contribution in [3.63, 3.8) is 0 Å². The minimum Gasteiger partial charge on any atom is -0.466 e. The van der Waals surface area contributed by atoms with Gasteiger partial charge in [-0.3, -0.25) is 9.59 Å². The average molecular weight is 995 g/mol. The smallest absolute Gasteiger partial charge is 0.305 e. The van der Waals surface area contributed by atoms with E-state index >= 15 is 0 Å². The summed E-state index contributed by atoms with van der Waals surface area (Å²) in [4.78, 5) is 24.5. The van der Waals surface area contributed by atoms with Crippen molar-refractivity contribution in [2.45, 2.75) is 328 Å². The summed E-state index contributed by atoms with van der Waals surface area (Å²) in [5.41, 5.74) is 0.